The summed E-state index contributed by atoms with van der Waals surface area (Å²) < 4.78 is 28.1. The van der Waals surface area contributed by atoms with Crippen LogP contribution in [0.25, 0.3) is 0 Å². The number of nitrogens with zero attached hydrogens (tertiary/aromatic N) is 3. The molecule has 1 aromatic heterocycles. The molecule has 1 heterocycles. The van der Waals surface area contributed by atoms with Crippen LogP contribution < -0.4 is 9.62 Å². The molecule has 0 fully saturated rings. The Bertz CT molecular complexity index is 1390. The Morgan fingerprint density at radius 3 is 2.38 bits per heavy atom. The van der Waals surface area contributed by atoms with Gasteiger partial charge >= 0.3 is 0 Å². The molecule has 0 bridgehead atoms. The van der Waals surface area contributed by atoms with E-state index in [0.717, 1.165) is 20.0 Å². The third-order valence-electron chi connectivity index (χ3n) is 5.00. The fourth-order valence-corrected chi connectivity index (χ4v) is 6.06. The first-order valence-electron chi connectivity index (χ1n) is 10.3. The van der Waals surface area contributed by atoms with Crippen LogP contribution in [-0.4, -0.2) is 31.6 Å². The zero-order valence-corrected chi connectivity index (χ0v) is 21.0. The van der Waals surface area contributed by atoms with E-state index in [4.69, 9.17) is 0 Å². The van der Waals surface area contributed by atoms with Crippen LogP contribution in [0.4, 0.5) is 10.8 Å². The number of hydrogen-bond acceptors (Lipinski definition) is 7. The van der Waals surface area contributed by atoms with Crippen molar-refractivity contribution in [1.29, 1.82) is 0 Å². The molecule has 10 heteroatoms. The predicted molar refractivity (Wildman–Crippen MR) is 137 cm³/mol. The number of anilines is 2. The molecule has 174 valence electrons. The van der Waals surface area contributed by atoms with E-state index < -0.39 is 15.9 Å². The third kappa shape index (κ3) is 5.46. The summed E-state index contributed by atoms with van der Waals surface area (Å²) in [6.07, 6.45) is 0. The normalized spacial score (nSPS) is 11.2. The number of rotatable bonds is 8. The van der Waals surface area contributed by atoms with Crippen LogP contribution >= 0.6 is 23.1 Å². The number of benzene rings is 3. The predicted octanol–water partition coefficient (Wildman–Crippen LogP) is 5.22. The maximum absolute atomic E-state index is 13.1. The highest BCUT2D eigenvalue weighted by molar-refractivity contribution is 8.00. The molecule has 1 N–H and O–H groups in total. The van der Waals surface area contributed by atoms with Crippen LogP contribution in [0.1, 0.15) is 21.5 Å². The monoisotopic (exact) mass is 510 g/mol. The molecule has 1 amide bonds. The molecule has 0 aliphatic carbocycles. The Balaban J connectivity index is 1.50. The van der Waals surface area contributed by atoms with Crippen molar-refractivity contribution in [3.63, 3.8) is 0 Å². The Morgan fingerprint density at radius 1 is 0.971 bits per heavy atom. The van der Waals surface area contributed by atoms with Gasteiger partial charge in [0.2, 0.25) is 5.13 Å². The van der Waals surface area contributed by atoms with E-state index in [1.54, 1.807) is 48.5 Å². The number of carbonyl (C=O) groups excluding carboxylic acids is 1. The molecule has 0 aliphatic heterocycles. The zero-order chi connectivity index (χ0) is 24.1. The van der Waals surface area contributed by atoms with Crippen molar-refractivity contribution < 1.29 is 13.2 Å². The molecule has 0 saturated heterocycles. The molecule has 7 nitrogen and oxygen atoms in total. The van der Waals surface area contributed by atoms with Gasteiger partial charge < -0.3 is 0 Å². The van der Waals surface area contributed by atoms with Crippen molar-refractivity contribution in [3.05, 3.63) is 95.6 Å². The molecular formula is C24H22N4O3S3. The van der Waals surface area contributed by atoms with Gasteiger partial charge in [-0.15, -0.1) is 10.2 Å². The van der Waals surface area contributed by atoms with E-state index in [1.165, 1.54) is 35.7 Å². The lowest BCUT2D eigenvalue weighted by Crippen LogP contribution is -2.29. The van der Waals surface area contributed by atoms with Crippen LogP contribution in [0.2, 0.25) is 0 Å². The largest absolute Gasteiger partial charge is 0.296 e. The van der Waals surface area contributed by atoms with Crippen LogP contribution in [0, 0.1) is 6.92 Å². The van der Waals surface area contributed by atoms with E-state index in [-0.39, 0.29) is 16.1 Å². The number of amides is 1. The number of sulfonamides is 1. The lowest BCUT2D eigenvalue weighted by atomic mass is 10.1. The minimum atomic E-state index is -3.84. The van der Waals surface area contributed by atoms with Gasteiger partial charge in [0.25, 0.3) is 15.9 Å². The molecule has 0 atom stereocenters. The van der Waals surface area contributed by atoms with Crippen LogP contribution in [0.5, 0.6) is 0 Å². The number of thioether (sulfide) groups is 1. The Labute approximate surface area is 206 Å². The summed E-state index contributed by atoms with van der Waals surface area (Å²) >= 11 is 2.80. The molecule has 3 aromatic carbocycles. The summed E-state index contributed by atoms with van der Waals surface area (Å²) in [6.45, 7) is 1.89. The topological polar surface area (TPSA) is 92.3 Å². The fourth-order valence-electron chi connectivity index (χ4n) is 3.14. The second-order valence-electron chi connectivity index (χ2n) is 7.40. The second-order valence-corrected chi connectivity index (χ2v) is 11.6. The smallest absolute Gasteiger partial charge is 0.264 e. The molecule has 0 saturated carbocycles. The quantitative estimate of drug-likeness (QED) is 0.258. The highest BCUT2D eigenvalue weighted by Gasteiger charge is 2.25. The number of para-hydroxylation sites is 1. The highest BCUT2D eigenvalue weighted by atomic mass is 32.2. The summed E-state index contributed by atoms with van der Waals surface area (Å²) in [7, 11) is -2.41. The van der Waals surface area contributed by atoms with E-state index in [0.29, 0.717) is 5.13 Å². The number of aromatic nitrogens is 2. The first-order chi connectivity index (χ1) is 16.3. The summed E-state index contributed by atoms with van der Waals surface area (Å²) in [5, 5.41) is 11.3. The molecule has 0 radical (unpaired) electrons. The molecular weight excluding hydrogens is 488 g/mol. The lowest BCUT2D eigenvalue weighted by molar-refractivity contribution is 0.102. The van der Waals surface area contributed by atoms with Crippen molar-refractivity contribution in [1.82, 2.24) is 10.2 Å². The van der Waals surface area contributed by atoms with Gasteiger partial charge in [0.15, 0.2) is 4.34 Å². The first-order valence-corrected chi connectivity index (χ1v) is 13.5. The standard InChI is InChI=1S/C24H22N4O3S3/c1-17-12-14-19(15-13-17)34(30,31)28(2)21-11-7-6-10-20(21)22(29)25-23-26-27-24(33-23)32-16-18-8-4-3-5-9-18/h3-15H,16H2,1-2H3,(H,25,26,29). The van der Waals surface area contributed by atoms with Crippen molar-refractivity contribution in [2.45, 2.75) is 21.9 Å². The fraction of sp³-hybridized carbons (Fsp3) is 0.125. The number of hydrogen-bond donors (Lipinski definition) is 1. The average Bonchev–Trinajstić information content (AvgIpc) is 3.30. The molecule has 0 unspecified atom stereocenters. The second kappa shape index (κ2) is 10.4. The van der Waals surface area contributed by atoms with Gasteiger partial charge in [-0.1, -0.05) is 83.3 Å². The molecule has 34 heavy (non-hydrogen) atoms. The molecule has 4 aromatic rings. The lowest BCUT2D eigenvalue weighted by Gasteiger charge is -2.22. The van der Waals surface area contributed by atoms with Gasteiger partial charge in [-0.25, -0.2) is 8.42 Å². The maximum atomic E-state index is 13.1. The number of nitrogens with one attached hydrogen (secondary N) is 1. The van der Waals surface area contributed by atoms with Crippen molar-refractivity contribution in [3.8, 4) is 0 Å². The van der Waals surface area contributed by atoms with Crippen molar-refractivity contribution in [2.24, 2.45) is 0 Å². The van der Waals surface area contributed by atoms with Gasteiger partial charge in [0.05, 0.1) is 16.1 Å². The zero-order valence-electron chi connectivity index (χ0n) is 18.5. The van der Waals surface area contributed by atoms with Gasteiger partial charge in [-0.2, -0.15) is 0 Å². The summed E-state index contributed by atoms with van der Waals surface area (Å²) in [5.74, 6) is 0.283. The Hall–Kier alpha value is -3.21. The van der Waals surface area contributed by atoms with Crippen molar-refractivity contribution in [2.75, 3.05) is 16.7 Å². The average molecular weight is 511 g/mol. The van der Waals surface area contributed by atoms with Crippen molar-refractivity contribution >= 4 is 49.8 Å². The number of aryl methyl sites for hydroxylation is 1. The van der Waals surface area contributed by atoms with Crippen LogP contribution in [0.3, 0.4) is 0 Å². The van der Waals surface area contributed by atoms with E-state index in [1.807, 2.05) is 37.3 Å². The van der Waals surface area contributed by atoms with E-state index in [9.17, 15) is 13.2 Å². The molecule has 4 rings (SSSR count). The highest BCUT2D eigenvalue weighted by Crippen LogP contribution is 2.30. The van der Waals surface area contributed by atoms with Gasteiger partial charge in [0.1, 0.15) is 0 Å². The van der Waals surface area contributed by atoms with E-state index in [2.05, 4.69) is 15.5 Å². The molecule has 0 aliphatic rings. The van der Waals surface area contributed by atoms with E-state index >= 15 is 0 Å². The number of carbonyl (C=O) groups is 1. The minimum Gasteiger partial charge on any atom is -0.296 e. The van der Waals surface area contributed by atoms with Gasteiger partial charge in [-0.05, 0) is 36.8 Å². The van der Waals surface area contributed by atoms with Crippen LogP contribution in [-0.2, 0) is 15.8 Å². The van der Waals surface area contributed by atoms with Crippen LogP contribution in [0.15, 0.2) is 88.1 Å². The maximum Gasteiger partial charge on any atom is 0.264 e. The first kappa shape index (κ1) is 23.9. The Kier molecular flexibility index (Phi) is 7.30. The minimum absolute atomic E-state index is 0.153. The Morgan fingerprint density at radius 2 is 1.65 bits per heavy atom. The van der Waals surface area contributed by atoms with Gasteiger partial charge in [0, 0.05) is 12.8 Å². The summed E-state index contributed by atoms with van der Waals surface area (Å²) in [5.41, 5.74) is 2.61. The molecule has 0 spiro atoms. The SMILES string of the molecule is Cc1ccc(S(=O)(=O)N(C)c2ccccc2C(=O)Nc2nnc(SCc3ccccc3)s2)cc1. The third-order valence-corrected chi connectivity index (χ3v) is 8.83. The summed E-state index contributed by atoms with van der Waals surface area (Å²) in [6, 6.07) is 23.1. The summed E-state index contributed by atoms with van der Waals surface area (Å²) in [4.78, 5) is 13.2. The van der Waals surface area contributed by atoms with Gasteiger partial charge in [-0.3, -0.25) is 14.4 Å².